The molecule has 0 aliphatic carbocycles. The van der Waals surface area contributed by atoms with Crippen LogP contribution in [0.4, 0.5) is 0 Å². The summed E-state index contributed by atoms with van der Waals surface area (Å²) in [6, 6.07) is -0.974. The number of rotatable bonds is 44. The van der Waals surface area contributed by atoms with Gasteiger partial charge in [0.2, 0.25) is 5.91 Å². The number of aliphatic hydroxyl groups excluding tert-OH is 8. The lowest BCUT2D eigenvalue weighted by atomic mass is 9.97. The van der Waals surface area contributed by atoms with E-state index in [-0.39, 0.29) is 18.9 Å². The van der Waals surface area contributed by atoms with Gasteiger partial charge in [0, 0.05) is 6.42 Å². The van der Waals surface area contributed by atoms with Gasteiger partial charge < -0.3 is 65.1 Å². The van der Waals surface area contributed by atoms with Gasteiger partial charge in [-0.05, 0) is 83.5 Å². The Labute approximate surface area is 452 Å². The van der Waals surface area contributed by atoms with Crippen LogP contribution in [0, 0.1) is 0 Å². The summed E-state index contributed by atoms with van der Waals surface area (Å²) in [4.78, 5) is 13.2. The van der Waals surface area contributed by atoms with Crippen molar-refractivity contribution >= 4 is 5.91 Å². The van der Waals surface area contributed by atoms with E-state index in [1.54, 1.807) is 6.08 Å². The molecule has 2 aliphatic heterocycles. The van der Waals surface area contributed by atoms with Crippen molar-refractivity contribution in [2.45, 2.75) is 261 Å². The Bertz CT molecular complexity index is 1620. The number of unbranched alkanes of at least 4 members (excludes halogenated alkanes) is 17. The van der Waals surface area contributed by atoms with Gasteiger partial charge in [-0.3, -0.25) is 4.79 Å². The molecule has 0 radical (unpaired) electrons. The minimum Gasteiger partial charge on any atom is -0.394 e. The van der Waals surface area contributed by atoms with Gasteiger partial charge in [-0.15, -0.1) is 0 Å². The number of carbonyl (C=O) groups is 1. The largest absolute Gasteiger partial charge is 0.394 e. The Kier molecular flexibility index (Phi) is 41.6. The van der Waals surface area contributed by atoms with E-state index in [1.165, 1.54) is 89.9 Å². The molecule has 75 heavy (non-hydrogen) atoms. The van der Waals surface area contributed by atoms with Crippen molar-refractivity contribution in [2.24, 2.45) is 0 Å². The molecule has 2 saturated heterocycles. The smallest absolute Gasteiger partial charge is 0.220 e. The van der Waals surface area contributed by atoms with Crippen molar-refractivity contribution < 1.29 is 64.6 Å². The molecule has 12 atom stereocenters. The molecule has 12 unspecified atom stereocenters. The topological polar surface area (TPSA) is 228 Å². The molecule has 2 aliphatic rings. The van der Waals surface area contributed by atoms with Gasteiger partial charge in [0.1, 0.15) is 48.8 Å². The molecule has 2 heterocycles. The molecule has 0 aromatic carbocycles. The first kappa shape index (κ1) is 68.0. The Morgan fingerprint density at radius 3 is 1.47 bits per heavy atom. The Hall–Kier alpha value is -3.09. The maximum absolute atomic E-state index is 13.2. The number of allylic oxidation sites excluding steroid dienone is 15. The molecule has 1 amide bonds. The molecule has 14 heteroatoms. The molecule has 0 spiro atoms. The highest BCUT2D eigenvalue weighted by molar-refractivity contribution is 5.76. The van der Waals surface area contributed by atoms with Crippen LogP contribution in [0.25, 0.3) is 0 Å². The van der Waals surface area contributed by atoms with E-state index < -0.39 is 86.8 Å². The second-order valence-electron chi connectivity index (χ2n) is 20.0. The first-order chi connectivity index (χ1) is 36.6. The molecule has 0 aromatic heterocycles. The van der Waals surface area contributed by atoms with E-state index in [0.717, 1.165) is 57.8 Å². The Morgan fingerprint density at radius 1 is 0.493 bits per heavy atom. The zero-order valence-corrected chi connectivity index (χ0v) is 46.0. The molecule has 430 valence electrons. The first-order valence-corrected chi connectivity index (χ1v) is 29.0. The van der Waals surface area contributed by atoms with Gasteiger partial charge in [0.15, 0.2) is 12.6 Å². The van der Waals surface area contributed by atoms with E-state index in [2.05, 4.69) is 98.2 Å². The van der Waals surface area contributed by atoms with E-state index in [1.807, 2.05) is 12.2 Å². The van der Waals surface area contributed by atoms with Crippen LogP contribution in [0.15, 0.2) is 97.2 Å². The van der Waals surface area contributed by atoms with Crippen LogP contribution in [0.5, 0.6) is 0 Å². The quantitative estimate of drug-likeness (QED) is 0.0205. The van der Waals surface area contributed by atoms with E-state index in [0.29, 0.717) is 19.3 Å². The second kappa shape index (κ2) is 45.9. The van der Waals surface area contributed by atoms with Crippen molar-refractivity contribution in [1.29, 1.82) is 0 Å². The molecule has 0 aromatic rings. The fourth-order valence-electron chi connectivity index (χ4n) is 8.83. The molecule has 2 fully saturated rings. The molecular weight excluding hydrogens is 955 g/mol. The van der Waals surface area contributed by atoms with Crippen molar-refractivity contribution in [3.8, 4) is 0 Å². The predicted molar refractivity (Wildman–Crippen MR) is 299 cm³/mol. The van der Waals surface area contributed by atoms with Crippen molar-refractivity contribution in [3.05, 3.63) is 97.2 Å². The standard InChI is InChI=1S/C61H103NO13/c1-3-5-7-9-11-13-15-17-19-21-22-23-24-25-26-27-29-30-32-34-36-38-40-42-44-50(65)49(62-53(66)45-43-41-39-37-35-33-31-28-20-18-16-14-12-10-8-6-4-2)48-72-60-58(71)56(69)59(52(47-64)74-60)75-61-57(70)55(68)54(67)51(46-63)73-61/h6,8,12,14,18,20,27,29,31,33-34,36-37,39,42,44,49-52,54-61,63-65,67-71H,3-5,7,9-11,13,15-17,19,21-26,28,30,32,35,38,40-41,43,45-48H2,1-2H3,(H,62,66)/b8-6-,14-12-,20-18-,29-27+,33-31-,36-34+,39-37-,44-42+. The monoisotopic (exact) mass is 1060 g/mol. The zero-order chi connectivity index (χ0) is 54.6. The molecule has 9 N–H and O–H groups in total. The summed E-state index contributed by atoms with van der Waals surface area (Å²) < 4.78 is 22.7. The first-order valence-electron chi connectivity index (χ1n) is 29.0. The fraction of sp³-hybridized carbons (Fsp3) is 0.721. The highest BCUT2D eigenvalue weighted by Gasteiger charge is 2.51. The number of aliphatic hydroxyl groups is 8. The minimum atomic E-state index is -1.80. The summed E-state index contributed by atoms with van der Waals surface area (Å²) in [5.41, 5.74) is 0. The number of amides is 1. The molecule has 0 bridgehead atoms. The lowest BCUT2D eigenvalue weighted by molar-refractivity contribution is -0.359. The average Bonchev–Trinajstić information content (AvgIpc) is 3.41. The normalized spacial score (nSPS) is 25.8. The van der Waals surface area contributed by atoms with Crippen LogP contribution in [0.2, 0.25) is 0 Å². The Balaban J connectivity index is 1.83. The highest BCUT2D eigenvalue weighted by Crippen LogP contribution is 2.30. The van der Waals surface area contributed by atoms with E-state index in [4.69, 9.17) is 18.9 Å². The SMILES string of the molecule is CC/C=C\C/C=C\C/C=C\C/C=C\C/C=C\CCCC(=O)NC(COC1OC(CO)C(OC2OC(CO)C(O)C(O)C2O)C(O)C1O)C(O)/C=C/CC/C=C/CC/C=C/CCCCCCCCCCCCCCCC. The number of ether oxygens (including phenoxy) is 4. The van der Waals surface area contributed by atoms with Gasteiger partial charge in [-0.1, -0.05) is 195 Å². The van der Waals surface area contributed by atoms with Gasteiger partial charge in [-0.25, -0.2) is 0 Å². The molecule has 0 saturated carbocycles. The van der Waals surface area contributed by atoms with Crippen LogP contribution in [0.3, 0.4) is 0 Å². The van der Waals surface area contributed by atoms with Crippen LogP contribution in [-0.2, 0) is 23.7 Å². The van der Waals surface area contributed by atoms with Crippen LogP contribution in [-0.4, -0.2) is 140 Å². The van der Waals surface area contributed by atoms with Crippen molar-refractivity contribution in [2.75, 3.05) is 19.8 Å². The van der Waals surface area contributed by atoms with E-state index in [9.17, 15) is 45.6 Å². The number of carbonyl (C=O) groups excluding carboxylic acids is 1. The lowest BCUT2D eigenvalue weighted by Crippen LogP contribution is -2.65. The van der Waals surface area contributed by atoms with Crippen LogP contribution in [0.1, 0.15) is 187 Å². The number of hydrogen-bond donors (Lipinski definition) is 9. The van der Waals surface area contributed by atoms with Crippen LogP contribution < -0.4 is 5.32 Å². The third-order valence-corrected chi connectivity index (χ3v) is 13.5. The van der Waals surface area contributed by atoms with Gasteiger partial charge in [0.05, 0.1) is 32.0 Å². The predicted octanol–water partition coefficient (Wildman–Crippen LogP) is 9.49. The highest BCUT2D eigenvalue weighted by atomic mass is 16.7. The summed E-state index contributed by atoms with van der Waals surface area (Å²) in [5, 5.41) is 86.9. The lowest BCUT2D eigenvalue weighted by Gasteiger charge is -2.46. The molecular formula is C61H103NO13. The minimum absolute atomic E-state index is 0.186. The van der Waals surface area contributed by atoms with Crippen molar-refractivity contribution in [3.63, 3.8) is 0 Å². The summed E-state index contributed by atoms with van der Waals surface area (Å²) in [6.07, 6.45) is 46.0. The molecule has 2 rings (SSSR count). The van der Waals surface area contributed by atoms with Gasteiger partial charge >= 0.3 is 0 Å². The van der Waals surface area contributed by atoms with E-state index >= 15 is 0 Å². The maximum atomic E-state index is 13.2. The maximum Gasteiger partial charge on any atom is 0.220 e. The molecule has 14 nitrogen and oxygen atoms in total. The average molecular weight is 1060 g/mol. The zero-order valence-electron chi connectivity index (χ0n) is 46.0. The summed E-state index contributed by atoms with van der Waals surface area (Å²) in [5.74, 6) is -0.314. The van der Waals surface area contributed by atoms with Gasteiger partial charge in [0.25, 0.3) is 0 Å². The van der Waals surface area contributed by atoms with Crippen molar-refractivity contribution in [1.82, 2.24) is 5.32 Å². The number of hydrogen-bond acceptors (Lipinski definition) is 13. The third kappa shape index (κ3) is 31.8. The Morgan fingerprint density at radius 2 is 0.933 bits per heavy atom. The van der Waals surface area contributed by atoms with Gasteiger partial charge in [-0.2, -0.15) is 0 Å². The fourth-order valence-corrected chi connectivity index (χ4v) is 8.83. The van der Waals surface area contributed by atoms with Crippen LogP contribution >= 0.6 is 0 Å². The third-order valence-electron chi connectivity index (χ3n) is 13.5. The second-order valence-corrected chi connectivity index (χ2v) is 20.0. The summed E-state index contributed by atoms with van der Waals surface area (Å²) in [6.45, 7) is 2.60. The summed E-state index contributed by atoms with van der Waals surface area (Å²) >= 11 is 0. The number of nitrogens with one attached hydrogen (secondary N) is 1. The summed E-state index contributed by atoms with van der Waals surface area (Å²) in [7, 11) is 0.